The van der Waals surface area contributed by atoms with Gasteiger partial charge in [-0.05, 0) is 50.4 Å². The second-order valence-corrected chi connectivity index (χ2v) is 7.26. The Morgan fingerprint density at radius 1 is 1.25 bits per heavy atom. The van der Waals surface area contributed by atoms with Crippen molar-refractivity contribution in [3.8, 4) is 5.75 Å². The number of piperidine rings is 1. The van der Waals surface area contributed by atoms with Crippen LogP contribution in [0, 0.1) is 0 Å². The van der Waals surface area contributed by atoms with Crippen molar-refractivity contribution in [2.24, 2.45) is 0 Å². The lowest BCUT2D eigenvalue weighted by Crippen LogP contribution is -2.38. The zero-order valence-electron chi connectivity index (χ0n) is 14.4. The van der Waals surface area contributed by atoms with Gasteiger partial charge in [0.05, 0.1) is 5.02 Å². The average molecular weight is 351 g/mol. The van der Waals surface area contributed by atoms with Crippen molar-refractivity contribution in [3.05, 3.63) is 28.8 Å². The molecule has 0 bridgehead atoms. The van der Waals surface area contributed by atoms with Gasteiger partial charge in [0.2, 0.25) is 0 Å². The van der Waals surface area contributed by atoms with Crippen LogP contribution in [0.3, 0.4) is 0 Å². The van der Waals surface area contributed by atoms with Crippen molar-refractivity contribution in [1.82, 2.24) is 10.2 Å². The van der Waals surface area contributed by atoms with Gasteiger partial charge in [-0.3, -0.25) is 4.79 Å². The lowest BCUT2D eigenvalue weighted by Gasteiger charge is -2.31. The number of halogens is 1. The molecule has 1 saturated heterocycles. The quantitative estimate of drug-likeness (QED) is 0.876. The molecule has 2 fully saturated rings. The fourth-order valence-corrected chi connectivity index (χ4v) is 3.82. The maximum Gasteiger partial charge on any atom is 0.251 e. The second kappa shape index (κ2) is 8.21. The van der Waals surface area contributed by atoms with E-state index in [1.165, 1.54) is 12.8 Å². The summed E-state index contributed by atoms with van der Waals surface area (Å²) in [5, 5.41) is 3.61. The van der Waals surface area contributed by atoms with Gasteiger partial charge in [0.25, 0.3) is 5.91 Å². The Hall–Kier alpha value is -1.26. The first kappa shape index (κ1) is 17.6. The summed E-state index contributed by atoms with van der Waals surface area (Å²) in [5.41, 5.74) is 0.611. The van der Waals surface area contributed by atoms with E-state index >= 15 is 0 Å². The van der Waals surface area contributed by atoms with E-state index in [9.17, 15) is 4.79 Å². The van der Waals surface area contributed by atoms with E-state index < -0.39 is 0 Å². The number of rotatable bonds is 5. The average Bonchev–Trinajstić information content (AvgIpc) is 3.10. The fraction of sp³-hybridized carbons (Fsp3) is 0.632. The molecule has 24 heavy (non-hydrogen) atoms. The summed E-state index contributed by atoms with van der Waals surface area (Å²) in [6, 6.07) is 5.68. The van der Waals surface area contributed by atoms with Crippen molar-refractivity contribution < 1.29 is 9.53 Å². The van der Waals surface area contributed by atoms with Gasteiger partial charge in [-0.1, -0.05) is 31.4 Å². The summed E-state index contributed by atoms with van der Waals surface area (Å²) in [6.07, 6.45) is 6.82. The number of likely N-dealkylation sites (tertiary alicyclic amines) is 1. The zero-order valence-corrected chi connectivity index (χ0v) is 15.1. The van der Waals surface area contributed by atoms with Gasteiger partial charge in [-0.2, -0.15) is 0 Å². The minimum Gasteiger partial charge on any atom is -0.489 e. The first-order chi connectivity index (χ1) is 11.7. The van der Waals surface area contributed by atoms with Crippen molar-refractivity contribution in [2.45, 2.75) is 57.6 Å². The van der Waals surface area contributed by atoms with Gasteiger partial charge in [-0.15, -0.1) is 0 Å². The molecule has 1 N–H and O–H groups in total. The van der Waals surface area contributed by atoms with Crippen LogP contribution in [0.1, 0.15) is 55.8 Å². The number of nitrogens with one attached hydrogen (secondary N) is 1. The molecule has 2 aliphatic rings. The van der Waals surface area contributed by atoms with Crippen LogP contribution in [0.2, 0.25) is 5.02 Å². The fourth-order valence-electron chi connectivity index (χ4n) is 3.60. The van der Waals surface area contributed by atoms with Crippen LogP contribution < -0.4 is 10.1 Å². The molecule has 1 amide bonds. The maximum atomic E-state index is 12.3. The minimum absolute atomic E-state index is 0.0356. The molecule has 4 nitrogen and oxygen atoms in total. The van der Waals surface area contributed by atoms with E-state index in [1.54, 1.807) is 6.07 Å². The van der Waals surface area contributed by atoms with E-state index in [-0.39, 0.29) is 12.0 Å². The number of nitrogens with zero attached hydrogens (tertiary/aromatic N) is 1. The Bertz CT molecular complexity index is 564. The predicted octanol–water partition coefficient (Wildman–Crippen LogP) is 3.88. The molecule has 1 aliphatic heterocycles. The first-order valence-electron chi connectivity index (χ1n) is 9.15. The van der Waals surface area contributed by atoms with Crippen LogP contribution in [0.25, 0.3) is 0 Å². The Labute approximate surface area is 149 Å². The molecule has 0 spiro atoms. The highest BCUT2D eigenvalue weighted by atomic mass is 35.5. The number of ether oxygens (including phenoxy) is 1. The molecule has 0 radical (unpaired) electrons. The predicted molar refractivity (Wildman–Crippen MR) is 96.9 cm³/mol. The van der Waals surface area contributed by atoms with E-state index in [0.29, 0.717) is 22.4 Å². The number of hydrogen-bond donors (Lipinski definition) is 1. The molecule has 1 heterocycles. The largest absolute Gasteiger partial charge is 0.489 e. The Kier molecular flexibility index (Phi) is 6.01. The Balaban J connectivity index is 1.57. The van der Waals surface area contributed by atoms with Gasteiger partial charge in [0, 0.05) is 24.7 Å². The number of amides is 1. The molecule has 1 aliphatic carbocycles. The molecular formula is C19H27ClN2O2. The second-order valence-electron chi connectivity index (χ2n) is 6.85. The Morgan fingerprint density at radius 2 is 1.96 bits per heavy atom. The molecule has 1 saturated carbocycles. The standard InChI is InChI=1S/C19H27ClN2O2/c1-2-22-11-9-16(10-12-22)24-18-8-7-14(13-17(18)20)19(23)21-15-5-3-4-6-15/h7-8,13,15-16H,2-6,9-12H2,1H3,(H,21,23). The van der Waals surface area contributed by atoms with E-state index in [1.807, 2.05) is 12.1 Å². The van der Waals surface area contributed by atoms with Crippen LogP contribution >= 0.6 is 11.6 Å². The Morgan fingerprint density at radius 3 is 2.58 bits per heavy atom. The van der Waals surface area contributed by atoms with Crippen LogP contribution in [0.15, 0.2) is 18.2 Å². The van der Waals surface area contributed by atoms with Crippen molar-refractivity contribution in [3.63, 3.8) is 0 Å². The van der Waals surface area contributed by atoms with Gasteiger partial charge >= 0.3 is 0 Å². The van der Waals surface area contributed by atoms with E-state index in [2.05, 4.69) is 17.1 Å². The summed E-state index contributed by atoms with van der Waals surface area (Å²) >= 11 is 6.35. The molecule has 0 unspecified atom stereocenters. The normalized spacial score (nSPS) is 20.2. The van der Waals surface area contributed by atoms with Crippen molar-refractivity contribution in [2.75, 3.05) is 19.6 Å². The van der Waals surface area contributed by atoms with E-state index in [4.69, 9.17) is 16.3 Å². The molecular weight excluding hydrogens is 324 g/mol. The zero-order chi connectivity index (χ0) is 16.9. The molecule has 3 rings (SSSR count). The van der Waals surface area contributed by atoms with Crippen molar-refractivity contribution >= 4 is 17.5 Å². The third-order valence-electron chi connectivity index (χ3n) is 5.16. The highest BCUT2D eigenvalue weighted by Gasteiger charge is 2.21. The third-order valence-corrected chi connectivity index (χ3v) is 5.46. The molecule has 0 atom stereocenters. The van der Waals surface area contributed by atoms with Crippen LogP contribution in [-0.4, -0.2) is 42.6 Å². The SMILES string of the molecule is CCN1CCC(Oc2ccc(C(=O)NC3CCCC3)cc2Cl)CC1. The lowest BCUT2D eigenvalue weighted by molar-refractivity contribution is 0.0937. The maximum absolute atomic E-state index is 12.3. The summed E-state index contributed by atoms with van der Waals surface area (Å²) in [5.74, 6) is 0.649. The number of benzene rings is 1. The van der Waals surface area contributed by atoms with Crippen molar-refractivity contribution in [1.29, 1.82) is 0 Å². The molecule has 1 aromatic carbocycles. The summed E-state index contributed by atoms with van der Waals surface area (Å²) in [7, 11) is 0. The lowest BCUT2D eigenvalue weighted by atomic mass is 10.1. The first-order valence-corrected chi connectivity index (χ1v) is 9.53. The number of hydrogen-bond acceptors (Lipinski definition) is 3. The van der Waals surface area contributed by atoms with Gasteiger partial charge < -0.3 is 15.0 Å². The summed E-state index contributed by atoms with van der Waals surface area (Å²) < 4.78 is 6.06. The van der Waals surface area contributed by atoms with E-state index in [0.717, 1.165) is 45.3 Å². The number of carbonyl (C=O) groups excluding carboxylic acids is 1. The highest BCUT2D eigenvalue weighted by Crippen LogP contribution is 2.29. The summed E-state index contributed by atoms with van der Waals surface area (Å²) in [4.78, 5) is 14.7. The molecule has 1 aromatic rings. The molecule has 132 valence electrons. The molecule has 0 aromatic heterocycles. The third kappa shape index (κ3) is 4.42. The highest BCUT2D eigenvalue weighted by molar-refractivity contribution is 6.32. The van der Waals surface area contributed by atoms with Gasteiger partial charge in [0.1, 0.15) is 11.9 Å². The summed E-state index contributed by atoms with van der Waals surface area (Å²) in [6.45, 7) is 5.42. The van der Waals surface area contributed by atoms with Gasteiger partial charge in [-0.25, -0.2) is 0 Å². The van der Waals surface area contributed by atoms with Crippen LogP contribution in [-0.2, 0) is 0 Å². The topological polar surface area (TPSA) is 41.6 Å². The smallest absolute Gasteiger partial charge is 0.251 e. The van der Waals surface area contributed by atoms with Gasteiger partial charge in [0.15, 0.2) is 0 Å². The van der Waals surface area contributed by atoms with Crippen LogP contribution in [0.5, 0.6) is 5.75 Å². The monoisotopic (exact) mass is 350 g/mol. The number of carbonyl (C=O) groups is 1. The van der Waals surface area contributed by atoms with Crippen LogP contribution in [0.4, 0.5) is 0 Å². The molecule has 5 heteroatoms. The minimum atomic E-state index is -0.0356.